The van der Waals surface area contributed by atoms with Crippen molar-refractivity contribution in [3.8, 4) is 11.8 Å². The third-order valence-corrected chi connectivity index (χ3v) is 2.92. The first-order valence-electron chi connectivity index (χ1n) is 6.06. The standard InChI is InChI=1S/C12H19N3O3/c1-8-6-9(4-5-18-8)13-12-14-10(16-2)7-11(15-12)17-3/h7-9H,4-6H2,1-3H3,(H,13,14,15). The fraction of sp³-hybridized carbons (Fsp3) is 0.667. The van der Waals surface area contributed by atoms with E-state index in [-0.39, 0.29) is 6.10 Å². The number of methoxy groups -OCH3 is 2. The molecule has 1 aliphatic rings. The fourth-order valence-corrected chi connectivity index (χ4v) is 1.99. The van der Waals surface area contributed by atoms with E-state index in [9.17, 15) is 0 Å². The van der Waals surface area contributed by atoms with E-state index in [1.165, 1.54) is 0 Å². The number of rotatable bonds is 4. The Morgan fingerprint density at radius 1 is 1.28 bits per heavy atom. The zero-order valence-corrected chi connectivity index (χ0v) is 11.0. The molecule has 0 bridgehead atoms. The van der Waals surface area contributed by atoms with Crippen LogP contribution in [0.25, 0.3) is 0 Å². The number of anilines is 1. The molecule has 0 aliphatic carbocycles. The highest BCUT2D eigenvalue weighted by atomic mass is 16.5. The molecule has 0 aromatic carbocycles. The van der Waals surface area contributed by atoms with Crippen molar-refractivity contribution in [1.29, 1.82) is 0 Å². The maximum atomic E-state index is 5.51. The minimum absolute atomic E-state index is 0.267. The number of aromatic nitrogens is 2. The van der Waals surface area contributed by atoms with Crippen LogP contribution in [0.3, 0.4) is 0 Å². The highest BCUT2D eigenvalue weighted by Crippen LogP contribution is 2.21. The molecule has 2 atom stereocenters. The highest BCUT2D eigenvalue weighted by molar-refractivity contribution is 5.34. The van der Waals surface area contributed by atoms with Crippen LogP contribution in [0.5, 0.6) is 11.8 Å². The monoisotopic (exact) mass is 253 g/mol. The number of hydrogen-bond acceptors (Lipinski definition) is 6. The predicted octanol–water partition coefficient (Wildman–Crippen LogP) is 1.47. The van der Waals surface area contributed by atoms with Crippen LogP contribution in [0.1, 0.15) is 19.8 Å². The molecule has 6 heteroatoms. The Hall–Kier alpha value is -1.56. The van der Waals surface area contributed by atoms with E-state index in [0.717, 1.165) is 19.4 Å². The van der Waals surface area contributed by atoms with E-state index in [0.29, 0.717) is 23.8 Å². The van der Waals surface area contributed by atoms with E-state index in [1.54, 1.807) is 20.3 Å². The SMILES string of the molecule is COc1cc(OC)nc(NC2CCOC(C)C2)n1. The zero-order valence-electron chi connectivity index (χ0n) is 11.0. The Labute approximate surface area is 107 Å². The van der Waals surface area contributed by atoms with Gasteiger partial charge in [-0.2, -0.15) is 9.97 Å². The molecule has 6 nitrogen and oxygen atoms in total. The van der Waals surface area contributed by atoms with Gasteiger partial charge in [0.05, 0.1) is 26.4 Å². The summed E-state index contributed by atoms with van der Waals surface area (Å²) in [5.74, 6) is 1.51. The van der Waals surface area contributed by atoms with Crippen LogP contribution in [0.4, 0.5) is 5.95 Å². The van der Waals surface area contributed by atoms with Gasteiger partial charge in [0.2, 0.25) is 17.7 Å². The van der Waals surface area contributed by atoms with Gasteiger partial charge in [-0.1, -0.05) is 0 Å². The van der Waals surface area contributed by atoms with Crippen molar-refractivity contribution >= 4 is 5.95 Å². The number of nitrogens with one attached hydrogen (secondary N) is 1. The van der Waals surface area contributed by atoms with Gasteiger partial charge in [-0.15, -0.1) is 0 Å². The van der Waals surface area contributed by atoms with Crippen LogP contribution in [-0.2, 0) is 4.74 Å². The topological polar surface area (TPSA) is 65.5 Å². The summed E-state index contributed by atoms with van der Waals surface area (Å²) in [6.07, 6.45) is 2.17. The molecule has 2 rings (SSSR count). The summed E-state index contributed by atoms with van der Waals surface area (Å²) in [6, 6.07) is 1.98. The second-order valence-corrected chi connectivity index (χ2v) is 4.32. The molecule has 1 N–H and O–H groups in total. The lowest BCUT2D eigenvalue weighted by Crippen LogP contribution is -2.33. The highest BCUT2D eigenvalue weighted by Gasteiger charge is 2.20. The summed E-state index contributed by atoms with van der Waals surface area (Å²) in [6.45, 7) is 2.83. The van der Waals surface area contributed by atoms with Gasteiger partial charge in [-0.25, -0.2) is 0 Å². The molecule has 0 amide bonds. The third kappa shape index (κ3) is 3.22. The van der Waals surface area contributed by atoms with Gasteiger partial charge in [-0.3, -0.25) is 0 Å². The molecule has 1 aromatic heterocycles. The molecule has 1 aromatic rings. The van der Waals surface area contributed by atoms with Crippen LogP contribution in [-0.4, -0.2) is 42.9 Å². The van der Waals surface area contributed by atoms with E-state index in [4.69, 9.17) is 14.2 Å². The lowest BCUT2D eigenvalue weighted by molar-refractivity contribution is 0.0231. The van der Waals surface area contributed by atoms with Crippen LogP contribution < -0.4 is 14.8 Å². The number of nitrogens with zero attached hydrogens (tertiary/aromatic N) is 2. The summed E-state index contributed by atoms with van der Waals surface area (Å²) in [4.78, 5) is 8.51. The molecule has 100 valence electrons. The molecule has 1 fully saturated rings. The van der Waals surface area contributed by atoms with E-state index in [1.807, 2.05) is 0 Å². The molecule has 1 saturated heterocycles. The fourth-order valence-electron chi connectivity index (χ4n) is 1.99. The Balaban J connectivity index is 2.07. The Bertz CT molecular complexity index is 378. The van der Waals surface area contributed by atoms with E-state index >= 15 is 0 Å². The molecule has 0 radical (unpaired) electrons. The molecule has 0 saturated carbocycles. The van der Waals surface area contributed by atoms with Crippen LogP contribution in [0, 0.1) is 0 Å². The van der Waals surface area contributed by atoms with Crippen molar-refractivity contribution < 1.29 is 14.2 Å². The number of ether oxygens (including phenoxy) is 3. The van der Waals surface area contributed by atoms with Crippen molar-refractivity contribution in [1.82, 2.24) is 9.97 Å². The van der Waals surface area contributed by atoms with Gasteiger partial charge in [0.25, 0.3) is 0 Å². The van der Waals surface area contributed by atoms with Crippen molar-refractivity contribution in [3.63, 3.8) is 0 Å². The maximum absolute atomic E-state index is 5.51. The van der Waals surface area contributed by atoms with Crippen LogP contribution >= 0.6 is 0 Å². The van der Waals surface area contributed by atoms with Gasteiger partial charge in [-0.05, 0) is 19.8 Å². The molecule has 2 unspecified atom stereocenters. The molecular weight excluding hydrogens is 234 g/mol. The first-order chi connectivity index (χ1) is 8.71. The summed E-state index contributed by atoms with van der Waals surface area (Å²) in [5, 5.41) is 3.30. The van der Waals surface area contributed by atoms with Crippen molar-refractivity contribution in [2.75, 3.05) is 26.1 Å². The molecule has 18 heavy (non-hydrogen) atoms. The molecule has 1 aliphatic heterocycles. The quantitative estimate of drug-likeness (QED) is 0.876. The van der Waals surface area contributed by atoms with Gasteiger partial charge < -0.3 is 19.5 Å². The average molecular weight is 253 g/mol. The largest absolute Gasteiger partial charge is 0.481 e. The third-order valence-electron chi connectivity index (χ3n) is 2.92. The summed E-state index contributed by atoms with van der Waals surface area (Å²) in [7, 11) is 3.14. The smallest absolute Gasteiger partial charge is 0.229 e. The Morgan fingerprint density at radius 2 is 1.94 bits per heavy atom. The predicted molar refractivity (Wildman–Crippen MR) is 67.2 cm³/mol. The van der Waals surface area contributed by atoms with Crippen molar-refractivity contribution in [3.05, 3.63) is 6.07 Å². The zero-order chi connectivity index (χ0) is 13.0. The second-order valence-electron chi connectivity index (χ2n) is 4.32. The summed E-state index contributed by atoms with van der Waals surface area (Å²) >= 11 is 0. The first kappa shape index (κ1) is 12.9. The second kappa shape index (κ2) is 5.86. The van der Waals surface area contributed by atoms with Gasteiger partial charge in [0, 0.05) is 12.6 Å². The normalized spacial score (nSPS) is 23.5. The Morgan fingerprint density at radius 3 is 2.50 bits per heavy atom. The van der Waals surface area contributed by atoms with Crippen LogP contribution in [0.2, 0.25) is 0 Å². The average Bonchev–Trinajstić information content (AvgIpc) is 2.38. The van der Waals surface area contributed by atoms with Crippen molar-refractivity contribution in [2.24, 2.45) is 0 Å². The molecule has 2 heterocycles. The van der Waals surface area contributed by atoms with Gasteiger partial charge >= 0.3 is 0 Å². The Kier molecular flexibility index (Phi) is 4.19. The van der Waals surface area contributed by atoms with E-state index in [2.05, 4.69) is 22.2 Å². The number of hydrogen-bond donors (Lipinski definition) is 1. The molecule has 0 spiro atoms. The lowest BCUT2D eigenvalue weighted by atomic mass is 10.0. The van der Waals surface area contributed by atoms with Gasteiger partial charge in [0.1, 0.15) is 0 Å². The van der Waals surface area contributed by atoms with Crippen molar-refractivity contribution in [2.45, 2.75) is 31.9 Å². The molecular formula is C12H19N3O3. The van der Waals surface area contributed by atoms with E-state index < -0.39 is 0 Å². The van der Waals surface area contributed by atoms with Gasteiger partial charge in [0.15, 0.2) is 0 Å². The summed E-state index contributed by atoms with van der Waals surface area (Å²) in [5.41, 5.74) is 0. The maximum Gasteiger partial charge on any atom is 0.229 e. The first-order valence-corrected chi connectivity index (χ1v) is 6.06. The lowest BCUT2D eigenvalue weighted by Gasteiger charge is -2.27. The minimum Gasteiger partial charge on any atom is -0.481 e. The van der Waals surface area contributed by atoms with Crippen LogP contribution in [0.15, 0.2) is 6.07 Å². The summed E-state index contributed by atoms with van der Waals surface area (Å²) < 4.78 is 15.7. The minimum atomic E-state index is 0.267.